The van der Waals surface area contributed by atoms with Crippen molar-refractivity contribution in [3.8, 4) is 11.5 Å². The van der Waals surface area contributed by atoms with Crippen LogP contribution < -0.4 is 0 Å². The molecule has 1 saturated heterocycles. The zero-order chi connectivity index (χ0) is 14.8. The van der Waals surface area contributed by atoms with Crippen molar-refractivity contribution in [3.05, 3.63) is 35.2 Å². The number of aromatic nitrogens is 2. The molecule has 3 rings (SSSR count). The molecule has 1 fully saturated rings. The molecule has 0 bridgehead atoms. The van der Waals surface area contributed by atoms with Crippen LogP contribution in [0.5, 0.6) is 0 Å². The molecular formula is C15H16ClN3O2. The molecule has 21 heavy (non-hydrogen) atoms. The maximum absolute atomic E-state index is 12.3. The number of piperidine rings is 1. The van der Waals surface area contributed by atoms with Crippen molar-refractivity contribution in [3.63, 3.8) is 0 Å². The van der Waals surface area contributed by atoms with E-state index in [1.165, 1.54) is 0 Å². The molecule has 0 unspecified atom stereocenters. The molecule has 110 valence electrons. The molecule has 1 aromatic heterocycles. The molecule has 2 aromatic rings. The van der Waals surface area contributed by atoms with E-state index in [4.69, 9.17) is 16.0 Å². The van der Waals surface area contributed by atoms with E-state index >= 15 is 0 Å². The monoisotopic (exact) mass is 305 g/mol. The van der Waals surface area contributed by atoms with Crippen LogP contribution >= 0.6 is 11.6 Å². The van der Waals surface area contributed by atoms with Gasteiger partial charge < -0.3 is 9.32 Å². The third kappa shape index (κ3) is 3.08. The van der Waals surface area contributed by atoms with Gasteiger partial charge in [-0.1, -0.05) is 18.5 Å². The predicted octanol–water partition coefficient (Wildman–Crippen LogP) is 3.26. The Morgan fingerprint density at radius 1 is 1.24 bits per heavy atom. The summed E-state index contributed by atoms with van der Waals surface area (Å²) in [6, 6.07) is 7.06. The lowest BCUT2D eigenvalue weighted by atomic mass is 9.99. The lowest BCUT2D eigenvalue weighted by Gasteiger charge is -2.29. The van der Waals surface area contributed by atoms with Crippen molar-refractivity contribution >= 4 is 17.5 Å². The Kier molecular flexibility index (Phi) is 3.92. The second kappa shape index (κ2) is 5.85. The van der Waals surface area contributed by atoms with Crippen molar-refractivity contribution < 1.29 is 9.21 Å². The fraction of sp³-hybridized carbons (Fsp3) is 0.400. The number of benzene rings is 1. The normalized spacial score (nSPS) is 16.2. The van der Waals surface area contributed by atoms with Crippen LogP contribution in [0.4, 0.5) is 0 Å². The fourth-order valence-electron chi connectivity index (χ4n) is 2.37. The second-order valence-corrected chi connectivity index (χ2v) is 5.83. The summed E-state index contributed by atoms with van der Waals surface area (Å²) in [6.07, 6.45) is 2.04. The minimum atomic E-state index is -0.186. The van der Waals surface area contributed by atoms with Gasteiger partial charge in [0.25, 0.3) is 0 Å². The van der Waals surface area contributed by atoms with E-state index in [-0.39, 0.29) is 11.8 Å². The summed E-state index contributed by atoms with van der Waals surface area (Å²) in [5.74, 6) is 0.867. The van der Waals surface area contributed by atoms with Crippen LogP contribution in [0.2, 0.25) is 5.02 Å². The van der Waals surface area contributed by atoms with Gasteiger partial charge in [0.1, 0.15) is 0 Å². The summed E-state index contributed by atoms with van der Waals surface area (Å²) in [7, 11) is 0. The number of carbonyl (C=O) groups excluding carboxylic acids is 1. The largest absolute Gasteiger partial charge is 0.412 e. The molecule has 0 spiro atoms. The summed E-state index contributed by atoms with van der Waals surface area (Å²) in [4.78, 5) is 14.1. The molecule has 0 aliphatic carbocycles. The first kappa shape index (κ1) is 14.1. The van der Waals surface area contributed by atoms with Crippen molar-refractivity contribution in [2.45, 2.75) is 19.8 Å². The molecule has 5 nitrogen and oxygen atoms in total. The van der Waals surface area contributed by atoms with Crippen molar-refractivity contribution in [2.24, 2.45) is 5.92 Å². The Morgan fingerprint density at radius 3 is 2.57 bits per heavy atom. The van der Waals surface area contributed by atoms with E-state index in [1.807, 2.05) is 0 Å². The van der Waals surface area contributed by atoms with Gasteiger partial charge in [-0.3, -0.25) is 4.79 Å². The highest BCUT2D eigenvalue weighted by molar-refractivity contribution is 6.30. The second-order valence-electron chi connectivity index (χ2n) is 5.39. The predicted molar refractivity (Wildman–Crippen MR) is 79.0 cm³/mol. The van der Waals surface area contributed by atoms with Crippen LogP contribution in [-0.2, 0) is 0 Å². The fourth-order valence-corrected chi connectivity index (χ4v) is 2.49. The number of hydrogen-bond donors (Lipinski definition) is 0. The summed E-state index contributed by atoms with van der Waals surface area (Å²) in [6.45, 7) is 3.70. The lowest BCUT2D eigenvalue weighted by Crippen LogP contribution is -2.38. The number of carbonyl (C=O) groups is 1. The van der Waals surface area contributed by atoms with Gasteiger partial charge in [-0.2, -0.15) is 0 Å². The standard InChI is InChI=1S/C15H16ClN3O2/c1-10-6-8-19(9-7-10)15(20)14-18-17-13(21-14)11-2-4-12(16)5-3-11/h2-5,10H,6-9H2,1H3. The summed E-state index contributed by atoms with van der Waals surface area (Å²) in [5, 5.41) is 8.44. The van der Waals surface area contributed by atoms with Gasteiger partial charge in [-0.15, -0.1) is 10.2 Å². The van der Waals surface area contributed by atoms with Crippen LogP contribution in [0.25, 0.3) is 11.5 Å². The molecule has 0 atom stereocenters. The van der Waals surface area contributed by atoms with Crippen LogP contribution in [0.3, 0.4) is 0 Å². The van der Waals surface area contributed by atoms with Gasteiger partial charge in [0, 0.05) is 23.7 Å². The Morgan fingerprint density at radius 2 is 1.90 bits per heavy atom. The maximum Gasteiger partial charge on any atom is 0.311 e. The molecule has 0 saturated carbocycles. The molecular weight excluding hydrogens is 290 g/mol. The van der Waals surface area contributed by atoms with E-state index in [2.05, 4.69) is 17.1 Å². The lowest BCUT2D eigenvalue weighted by molar-refractivity contribution is 0.0657. The number of halogens is 1. The van der Waals surface area contributed by atoms with Gasteiger partial charge in [0.05, 0.1) is 0 Å². The van der Waals surface area contributed by atoms with Crippen molar-refractivity contribution in [1.29, 1.82) is 0 Å². The minimum Gasteiger partial charge on any atom is -0.412 e. The van der Waals surface area contributed by atoms with E-state index in [0.29, 0.717) is 16.8 Å². The first-order valence-corrected chi connectivity index (χ1v) is 7.40. The van der Waals surface area contributed by atoms with Crippen LogP contribution in [0, 0.1) is 5.92 Å². The Hall–Kier alpha value is -1.88. The SMILES string of the molecule is CC1CCN(C(=O)c2nnc(-c3ccc(Cl)cc3)o2)CC1. The number of likely N-dealkylation sites (tertiary alicyclic amines) is 1. The Balaban J connectivity index is 1.75. The maximum atomic E-state index is 12.3. The number of rotatable bonds is 2. The van der Waals surface area contributed by atoms with Gasteiger partial charge in [-0.05, 0) is 43.0 Å². The topological polar surface area (TPSA) is 59.2 Å². The highest BCUT2D eigenvalue weighted by atomic mass is 35.5. The molecule has 1 aliphatic heterocycles. The molecule has 1 aromatic carbocycles. The first-order chi connectivity index (χ1) is 10.1. The average molecular weight is 306 g/mol. The van der Waals surface area contributed by atoms with Gasteiger partial charge >= 0.3 is 11.8 Å². The summed E-state index contributed by atoms with van der Waals surface area (Å²) in [5.41, 5.74) is 0.748. The number of hydrogen-bond acceptors (Lipinski definition) is 4. The van der Waals surface area contributed by atoms with Gasteiger partial charge in [-0.25, -0.2) is 0 Å². The Bertz CT molecular complexity index is 631. The number of amides is 1. The first-order valence-electron chi connectivity index (χ1n) is 7.02. The number of nitrogens with zero attached hydrogens (tertiary/aromatic N) is 3. The third-order valence-electron chi connectivity index (χ3n) is 3.77. The zero-order valence-electron chi connectivity index (χ0n) is 11.8. The van der Waals surface area contributed by atoms with Crippen LogP contribution in [0.1, 0.15) is 30.5 Å². The van der Waals surface area contributed by atoms with Gasteiger partial charge in [0.2, 0.25) is 5.89 Å². The highest BCUT2D eigenvalue weighted by Gasteiger charge is 2.25. The molecule has 2 heterocycles. The third-order valence-corrected chi connectivity index (χ3v) is 4.02. The molecule has 1 aliphatic rings. The molecule has 0 radical (unpaired) electrons. The van der Waals surface area contributed by atoms with Gasteiger partial charge in [0.15, 0.2) is 0 Å². The van der Waals surface area contributed by atoms with Crippen LogP contribution in [0.15, 0.2) is 28.7 Å². The van der Waals surface area contributed by atoms with E-state index in [0.717, 1.165) is 31.5 Å². The van der Waals surface area contributed by atoms with E-state index in [1.54, 1.807) is 29.2 Å². The van der Waals surface area contributed by atoms with E-state index < -0.39 is 0 Å². The summed E-state index contributed by atoms with van der Waals surface area (Å²) >= 11 is 5.84. The molecule has 6 heteroatoms. The van der Waals surface area contributed by atoms with Crippen LogP contribution in [-0.4, -0.2) is 34.1 Å². The molecule has 1 amide bonds. The average Bonchev–Trinajstić information content (AvgIpc) is 2.98. The van der Waals surface area contributed by atoms with Crippen molar-refractivity contribution in [1.82, 2.24) is 15.1 Å². The zero-order valence-corrected chi connectivity index (χ0v) is 12.5. The van der Waals surface area contributed by atoms with E-state index in [9.17, 15) is 4.79 Å². The smallest absolute Gasteiger partial charge is 0.311 e. The quantitative estimate of drug-likeness (QED) is 0.854. The Labute approximate surface area is 127 Å². The minimum absolute atomic E-state index is 0.0505. The molecule has 0 N–H and O–H groups in total. The van der Waals surface area contributed by atoms with Crippen molar-refractivity contribution in [2.75, 3.05) is 13.1 Å². The summed E-state index contributed by atoms with van der Waals surface area (Å²) < 4.78 is 5.49. The highest BCUT2D eigenvalue weighted by Crippen LogP contribution is 2.22.